The lowest BCUT2D eigenvalue weighted by Gasteiger charge is -2.14. The van der Waals surface area contributed by atoms with Crippen molar-refractivity contribution in [3.8, 4) is 0 Å². The van der Waals surface area contributed by atoms with Crippen molar-refractivity contribution >= 4 is 17.7 Å². The van der Waals surface area contributed by atoms with E-state index in [2.05, 4.69) is 5.32 Å². The van der Waals surface area contributed by atoms with Gasteiger partial charge < -0.3 is 5.32 Å². The second-order valence-corrected chi connectivity index (χ2v) is 5.58. The van der Waals surface area contributed by atoms with E-state index in [1.54, 1.807) is 0 Å². The monoisotopic (exact) mass is 262 g/mol. The lowest BCUT2D eigenvalue weighted by atomic mass is 9.85. The third-order valence-electron chi connectivity index (χ3n) is 4.10. The Labute approximate surface area is 112 Å². The van der Waals surface area contributed by atoms with Gasteiger partial charge >= 0.3 is 0 Å². The van der Waals surface area contributed by atoms with E-state index in [9.17, 15) is 14.4 Å². The number of hydrogen-bond acceptors (Lipinski definition) is 3. The van der Waals surface area contributed by atoms with Crippen molar-refractivity contribution in [1.29, 1.82) is 0 Å². The number of fused-ring (bicyclic) bond motifs is 1. The van der Waals surface area contributed by atoms with Gasteiger partial charge in [0.1, 0.15) is 0 Å². The number of nitrogens with one attached hydrogen (secondary N) is 1. The molecule has 0 spiro atoms. The number of rotatable bonds is 4. The van der Waals surface area contributed by atoms with Crippen molar-refractivity contribution in [2.24, 2.45) is 11.8 Å². The summed E-state index contributed by atoms with van der Waals surface area (Å²) in [6.45, 7) is 0.225. The van der Waals surface area contributed by atoms with E-state index in [1.807, 2.05) is 12.2 Å². The Morgan fingerprint density at radius 2 is 1.74 bits per heavy atom. The van der Waals surface area contributed by atoms with Crippen LogP contribution in [0, 0.1) is 11.8 Å². The first-order valence-corrected chi connectivity index (χ1v) is 6.96. The molecule has 0 aromatic rings. The SMILES string of the molecule is O=C(CCN1C(=O)[C@H]2CC=CC[C@H]2C1=O)NC1CC1. The molecule has 5 heteroatoms. The first-order chi connectivity index (χ1) is 9.16. The number of carbonyl (C=O) groups is 3. The molecule has 0 bridgehead atoms. The van der Waals surface area contributed by atoms with Crippen LogP contribution in [0.1, 0.15) is 32.1 Å². The van der Waals surface area contributed by atoms with Gasteiger partial charge in [-0.25, -0.2) is 0 Å². The van der Waals surface area contributed by atoms with Gasteiger partial charge in [-0.15, -0.1) is 0 Å². The third kappa shape index (κ3) is 2.41. The summed E-state index contributed by atoms with van der Waals surface area (Å²) in [5, 5.41) is 2.87. The standard InChI is InChI=1S/C14H18N2O3/c17-12(15-9-5-6-9)7-8-16-13(18)10-3-1-2-4-11(10)14(16)19/h1-2,9-11H,3-8H2,(H,15,17)/t10-,11+. The van der Waals surface area contributed by atoms with Crippen molar-refractivity contribution in [1.82, 2.24) is 10.2 Å². The highest BCUT2D eigenvalue weighted by Crippen LogP contribution is 2.34. The summed E-state index contributed by atoms with van der Waals surface area (Å²) < 4.78 is 0. The largest absolute Gasteiger partial charge is 0.353 e. The number of carbonyl (C=O) groups excluding carboxylic acids is 3. The molecule has 5 nitrogen and oxygen atoms in total. The van der Waals surface area contributed by atoms with Crippen LogP contribution in [0.15, 0.2) is 12.2 Å². The van der Waals surface area contributed by atoms with Gasteiger partial charge in [0.25, 0.3) is 0 Å². The van der Waals surface area contributed by atoms with E-state index in [0.717, 1.165) is 12.8 Å². The zero-order chi connectivity index (χ0) is 13.4. The summed E-state index contributed by atoms with van der Waals surface area (Å²) in [7, 11) is 0. The fourth-order valence-electron chi connectivity index (χ4n) is 2.83. The van der Waals surface area contributed by atoms with E-state index in [0.29, 0.717) is 18.9 Å². The molecule has 0 aromatic heterocycles. The molecule has 1 saturated carbocycles. The molecular formula is C14H18N2O3. The molecule has 1 saturated heterocycles. The highest BCUT2D eigenvalue weighted by atomic mass is 16.2. The Bertz CT molecular complexity index is 428. The van der Waals surface area contributed by atoms with Crippen LogP contribution in [-0.4, -0.2) is 35.2 Å². The minimum atomic E-state index is -0.191. The van der Waals surface area contributed by atoms with E-state index < -0.39 is 0 Å². The highest BCUT2D eigenvalue weighted by Gasteiger charge is 2.46. The second kappa shape index (κ2) is 4.79. The predicted octanol–water partition coefficient (Wildman–Crippen LogP) is 0.606. The maximum absolute atomic E-state index is 12.1. The van der Waals surface area contributed by atoms with Crippen LogP contribution in [0.2, 0.25) is 0 Å². The van der Waals surface area contributed by atoms with E-state index in [-0.39, 0.29) is 42.5 Å². The number of likely N-dealkylation sites (tertiary alicyclic amines) is 1. The van der Waals surface area contributed by atoms with Crippen LogP contribution in [0.5, 0.6) is 0 Å². The quantitative estimate of drug-likeness (QED) is 0.596. The normalized spacial score (nSPS) is 29.6. The smallest absolute Gasteiger partial charge is 0.233 e. The summed E-state index contributed by atoms with van der Waals surface area (Å²) in [6.07, 6.45) is 7.55. The summed E-state index contributed by atoms with van der Waals surface area (Å²) in [5.74, 6) is -0.638. The first-order valence-electron chi connectivity index (χ1n) is 6.96. The number of nitrogens with zero attached hydrogens (tertiary/aromatic N) is 1. The van der Waals surface area contributed by atoms with Crippen LogP contribution in [0.3, 0.4) is 0 Å². The third-order valence-corrected chi connectivity index (χ3v) is 4.10. The minimum Gasteiger partial charge on any atom is -0.353 e. The minimum absolute atomic E-state index is 0.0592. The molecule has 1 N–H and O–H groups in total. The number of amides is 3. The summed E-state index contributed by atoms with van der Waals surface area (Å²) in [5.41, 5.74) is 0. The van der Waals surface area contributed by atoms with Gasteiger partial charge in [0.2, 0.25) is 17.7 Å². The average molecular weight is 262 g/mol. The van der Waals surface area contributed by atoms with Crippen LogP contribution < -0.4 is 5.32 Å². The molecule has 3 aliphatic rings. The van der Waals surface area contributed by atoms with Gasteiger partial charge in [0.05, 0.1) is 11.8 Å². The van der Waals surface area contributed by atoms with Gasteiger partial charge in [0.15, 0.2) is 0 Å². The molecule has 3 amide bonds. The molecule has 2 fully saturated rings. The van der Waals surface area contributed by atoms with Gasteiger partial charge in [-0.2, -0.15) is 0 Å². The maximum atomic E-state index is 12.1. The molecule has 1 aliphatic heterocycles. The molecular weight excluding hydrogens is 244 g/mol. The van der Waals surface area contributed by atoms with Crippen molar-refractivity contribution in [3.63, 3.8) is 0 Å². The maximum Gasteiger partial charge on any atom is 0.233 e. The predicted molar refractivity (Wildman–Crippen MR) is 67.9 cm³/mol. The molecule has 2 aliphatic carbocycles. The zero-order valence-electron chi connectivity index (χ0n) is 10.8. The molecule has 2 atom stereocenters. The Hall–Kier alpha value is -1.65. The van der Waals surface area contributed by atoms with Crippen LogP contribution in [0.25, 0.3) is 0 Å². The second-order valence-electron chi connectivity index (χ2n) is 5.58. The Balaban J connectivity index is 1.57. The first kappa shape index (κ1) is 12.4. The van der Waals surface area contributed by atoms with Crippen LogP contribution in [-0.2, 0) is 14.4 Å². The zero-order valence-corrected chi connectivity index (χ0v) is 10.8. The Morgan fingerprint density at radius 3 is 2.26 bits per heavy atom. The number of allylic oxidation sites excluding steroid dienone is 2. The lowest BCUT2D eigenvalue weighted by molar-refractivity contribution is -0.140. The lowest BCUT2D eigenvalue weighted by Crippen LogP contribution is -2.36. The molecule has 0 aromatic carbocycles. The van der Waals surface area contributed by atoms with Crippen molar-refractivity contribution in [2.45, 2.75) is 38.1 Å². The summed E-state index contributed by atoms with van der Waals surface area (Å²) in [6, 6.07) is 0.323. The fraction of sp³-hybridized carbons (Fsp3) is 0.643. The van der Waals surface area contributed by atoms with Crippen molar-refractivity contribution < 1.29 is 14.4 Å². The topological polar surface area (TPSA) is 66.5 Å². The molecule has 0 unspecified atom stereocenters. The molecule has 1 heterocycles. The van der Waals surface area contributed by atoms with Crippen molar-refractivity contribution in [2.75, 3.05) is 6.54 Å². The molecule has 0 radical (unpaired) electrons. The van der Waals surface area contributed by atoms with Crippen LogP contribution >= 0.6 is 0 Å². The van der Waals surface area contributed by atoms with E-state index in [1.165, 1.54) is 4.90 Å². The fourth-order valence-corrected chi connectivity index (χ4v) is 2.83. The molecule has 3 rings (SSSR count). The van der Waals surface area contributed by atoms with Crippen molar-refractivity contribution in [3.05, 3.63) is 12.2 Å². The van der Waals surface area contributed by atoms with Crippen LogP contribution in [0.4, 0.5) is 0 Å². The Morgan fingerprint density at radius 1 is 1.16 bits per heavy atom. The van der Waals surface area contributed by atoms with E-state index >= 15 is 0 Å². The van der Waals surface area contributed by atoms with Gasteiger partial charge in [-0.3, -0.25) is 19.3 Å². The Kier molecular flexibility index (Phi) is 3.12. The number of imide groups is 1. The number of hydrogen-bond donors (Lipinski definition) is 1. The molecule has 19 heavy (non-hydrogen) atoms. The van der Waals surface area contributed by atoms with Gasteiger partial charge in [0, 0.05) is 19.0 Å². The van der Waals surface area contributed by atoms with Gasteiger partial charge in [-0.1, -0.05) is 12.2 Å². The van der Waals surface area contributed by atoms with Gasteiger partial charge in [-0.05, 0) is 25.7 Å². The van der Waals surface area contributed by atoms with E-state index in [4.69, 9.17) is 0 Å². The highest BCUT2D eigenvalue weighted by molar-refractivity contribution is 6.05. The summed E-state index contributed by atoms with van der Waals surface area (Å²) >= 11 is 0. The average Bonchev–Trinajstić information content (AvgIpc) is 3.18. The molecule has 102 valence electrons. The summed E-state index contributed by atoms with van der Waals surface area (Å²) in [4.78, 5) is 37.2.